The lowest BCUT2D eigenvalue weighted by Gasteiger charge is -2.53. The molecule has 0 aromatic rings. The molecule has 2 rings (SSSR count). The van der Waals surface area contributed by atoms with Crippen LogP contribution in [0.5, 0.6) is 0 Å². The Balaban J connectivity index is 2.51. The molecule has 1 aliphatic heterocycles. The summed E-state index contributed by atoms with van der Waals surface area (Å²) >= 11 is 0. The molecule has 2 unspecified atom stereocenters. The summed E-state index contributed by atoms with van der Waals surface area (Å²) in [4.78, 5) is 39.9. The Morgan fingerprint density at radius 3 is 2.61 bits per heavy atom. The smallest absolute Gasteiger partial charge is 0.336 e. The van der Waals surface area contributed by atoms with Crippen LogP contribution in [0.25, 0.3) is 0 Å². The molecule has 6 nitrogen and oxygen atoms in total. The lowest BCUT2D eigenvalue weighted by atomic mass is 9.68. The molecule has 1 amide bonds. The fourth-order valence-corrected chi connectivity index (χ4v) is 2.39. The number of nitrogens with zero attached hydrogens (tertiary/aromatic N) is 1. The van der Waals surface area contributed by atoms with Crippen molar-refractivity contribution >= 4 is 17.7 Å². The van der Waals surface area contributed by atoms with Crippen molar-refractivity contribution in [2.45, 2.75) is 12.5 Å². The standard InChI is InChI=1S/C12H13NO5/c1-7-10(15)13(18-3)12(7)5-4-8(14)6-9(12)11(16)17-2/h4-7H,1-3H3. The van der Waals surface area contributed by atoms with Crippen LogP contribution in [0.2, 0.25) is 0 Å². The SMILES string of the molecule is COC(=O)C1=CC(=O)C=CC12C(C)C(=O)N2OC. The van der Waals surface area contributed by atoms with Crippen molar-refractivity contribution in [1.29, 1.82) is 0 Å². The molecular weight excluding hydrogens is 238 g/mol. The normalized spacial score (nSPS) is 30.3. The Morgan fingerprint density at radius 1 is 1.39 bits per heavy atom. The highest BCUT2D eigenvalue weighted by Crippen LogP contribution is 2.46. The van der Waals surface area contributed by atoms with Gasteiger partial charge in [0.2, 0.25) is 0 Å². The molecule has 18 heavy (non-hydrogen) atoms. The number of carbonyl (C=O) groups is 3. The predicted octanol–water partition coefficient (Wildman–Crippen LogP) is 0.00320. The molecule has 96 valence electrons. The summed E-state index contributed by atoms with van der Waals surface area (Å²) in [5.74, 6) is -1.68. The van der Waals surface area contributed by atoms with E-state index in [-0.39, 0.29) is 17.3 Å². The van der Waals surface area contributed by atoms with E-state index in [0.29, 0.717) is 0 Å². The van der Waals surface area contributed by atoms with Crippen molar-refractivity contribution in [1.82, 2.24) is 5.06 Å². The maximum absolute atomic E-state index is 11.8. The van der Waals surface area contributed by atoms with Crippen LogP contribution in [0.4, 0.5) is 0 Å². The van der Waals surface area contributed by atoms with Gasteiger partial charge in [-0.25, -0.2) is 9.86 Å². The highest BCUT2D eigenvalue weighted by atomic mass is 16.7. The average Bonchev–Trinajstić information content (AvgIpc) is 2.39. The Morgan fingerprint density at radius 2 is 2.06 bits per heavy atom. The summed E-state index contributed by atoms with van der Waals surface area (Å²) in [5, 5.41) is 1.09. The molecule has 0 saturated carbocycles. The van der Waals surface area contributed by atoms with Gasteiger partial charge in [-0.05, 0) is 18.2 Å². The van der Waals surface area contributed by atoms with Crippen molar-refractivity contribution in [3.8, 4) is 0 Å². The maximum Gasteiger partial charge on any atom is 0.336 e. The number of carbonyl (C=O) groups excluding carboxylic acids is 3. The number of esters is 1. The monoisotopic (exact) mass is 251 g/mol. The van der Waals surface area contributed by atoms with E-state index in [1.807, 2.05) is 0 Å². The molecule has 1 spiro atoms. The number of allylic oxidation sites excluding steroid dienone is 2. The van der Waals surface area contributed by atoms with E-state index in [1.54, 1.807) is 6.92 Å². The van der Waals surface area contributed by atoms with Crippen LogP contribution in [-0.2, 0) is 24.0 Å². The third-order valence-electron chi connectivity index (χ3n) is 3.37. The summed E-state index contributed by atoms with van der Waals surface area (Å²) in [6.45, 7) is 1.68. The molecule has 0 aromatic heterocycles. The maximum atomic E-state index is 11.8. The first-order valence-electron chi connectivity index (χ1n) is 5.41. The molecule has 2 aliphatic rings. The number of hydroxylamine groups is 2. The lowest BCUT2D eigenvalue weighted by molar-refractivity contribution is -0.242. The van der Waals surface area contributed by atoms with E-state index in [4.69, 9.17) is 4.84 Å². The number of ketones is 1. The minimum absolute atomic E-state index is 0.117. The molecule has 0 radical (unpaired) electrons. The number of hydrogen-bond donors (Lipinski definition) is 0. The van der Waals surface area contributed by atoms with E-state index in [1.165, 1.54) is 32.4 Å². The van der Waals surface area contributed by atoms with Gasteiger partial charge in [0, 0.05) is 0 Å². The van der Waals surface area contributed by atoms with E-state index >= 15 is 0 Å². The second-order valence-corrected chi connectivity index (χ2v) is 4.15. The molecule has 6 heteroatoms. The minimum Gasteiger partial charge on any atom is -0.466 e. The predicted molar refractivity (Wildman–Crippen MR) is 60.0 cm³/mol. The number of methoxy groups -OCH3 is 1. The first-order chi connectivity index (χ1) is 8.48. The van der Waals surface area contributed by atoms with E-state index in [2.05, 4.69) is 4.74 Å². The first kappa shape index (κ1) is 12.5. The van der Waals surface area contributed by atoms with Gasteiger partial charge in [-0.1, -0.05) is 6.92 Å². The number of hydrogen-bond acceptors (Lipinski definition) is 5. The van der Waals surface area contributed by atoms with Crippen molar-refractivity contribution in [3.05, 3.63) is 23.8 Å². The van der Waals surface area contributed by atoms with Gasteiger partial charge in [-0.15, -0.1) is 0 Å². The van der Waals surface area contributed by atoms with Crippen LogP contribution in [-0.4, -0.2) is 42.5 Å². The molecule has 0 bridgehead atoms. The fraction of sp³-hybridized carbons (Fsp3) is 0.417. The molecule has 2 atom stereocenters. The van der Waals surface area contributed by atoms with Gasteiger partial charge in [-0.3, -0.25) is 14.4 Å². The molecule has 0 N–H and O–H groups in total. The highest BCUT2D eigenvalue weighted by Gasteiger charge is 2.62. The van der Waals surface area contributed by atoms with Crippen molar-refractivity contribution in [3.63, 3.8) is 0 Å². The van der Waals surface area contributed by atoms with Crippen LogP contribution >= 0.6 is 0 Å². The zero-order valence-electron chi connectivity index (χ0n) is 10.3. The zero-order valence-corrected chi connectivity index (χ0v) is 10.3. The second kappa shape index (κ2) is 4.06. The van der Waals surface area contributed by atoms with Gasteiger partial charge in [0.25, 0.3) is 5.91 Å². The zero-order chi connectivity index (χ0) is 13.5. The highest BCUT2D eigenvalue weighted by molar-refractivity contribution is 6.11. The summed E-state index contributed by atoms with van der Waals surface area (Å²) in [6, 6.07) is 0. The van der Waals surface area contributed by atoms with Crippen LogP contribution in [0, 0.1) is 5.92 Å². The largest absolute Gasteiger partial charge is 0.466 e. The lowest BCUT2D eigenvalue weighted by Crippen LogP contribution is -2.70. The molecule has 0 aromatic carbocycles. The van der Waals surface area contributed by atoms with Crippen molar-refractivity contribution in [2.75, 3.05) is 14.2 Å². The third-order valence-corrected chi connectivity index (χ3v) is 3.37. The Bertz CT molecular complexity index is 493. The number of ether oxygens (including phenoxy) is 1. The quantitative estimate of drug-likeness (QED) is 0.510. The van der Waals surface area contributed by atoms with Gasteiger partial charge in [0.15, 0.2) is 5.78 Å². The molecule has 1 saturated heterocycles. The fourth-order valence-electron chi connectivity index (χ4n) is 2.39. The topological polar surface area (TPSA) is 72.9 Å². The van der Waals surface area contributed by atoms with Crippen molar-refractivity contribution in [2.24, 2.45) is 5.92 Å². The minimum atomic E-state index is -1.03. The molecule has 1 heterocycles. The van der Waals surface area contributed by atoms with Crippen LogP contribution in [0.3, 0.4) is 0 Å². The van der Waals surface area contributed by atoms with Crippen LogP contribution < -0.4 is 0 Å². The van der Waals surface area contributed by atoms with E-state index < -0.39 is 17.4 Å². The average molecular weight is 251 g/mol. The van der Waals surface area contributed by atoms with Crippen LogP contribution in [0.1, 0.15) is 6.92 Å². The molecule has 1 fully saturated rings. The number of rotatable bonds is 2. The Labute approximate surface area is 104 Å². The van der Waals surface area contributed by atoms with Gasteiger partial charge in [0.05, 0.1) is 25.7 Å². The Kier molecular flexibility index (Phi) is 2.82. The van der Waals surface area contributed by atoms with Crippen molar-refractivity contribution < 1.29 is 24.0 Å². The number of amides is 1. The summed E-state index contributed by atoms with van der Waals surface area (Å²) in [7, 11) is 2.56. The summed E-state index contributed by atoms with van der Waals surface area (Å²) in [6.07, 6.45) is 4.01. The van der Waals surface area contributed by atoms with Crippen LogP contribution in [0.15, 0.2) is 23.8 Å². The summed E-state index contributed by atoms with van der Waals surface area (Å²) in [5.41, 5.74) is -0.918. The number of β-lactam (4-membered cyclic amide) rings is 1. The molecule has 1 aliphatic carbocycles. The second-order valence-electron chi connectivity index (χ2n) is 4.15. The van der Waals surface area contributed by atoms with E-state index in [0.717, 1.165) is 5.06 Å². The molecular formula is C12H13NO5. The summed E-state index contributed by atoms with van der Waals surface area (Å²) < 4.78 is 4.66. The van der Waals surface area contributed by atoms with E-state index in [9.17, 15) is 14.4 Å². The first-order valence-corrected chi connectivity index (χ1v) is 5.41. The van der Waals surface area contributed by atoms with Gasteiger partial charge >= 0.3 is 5.97 Å². The third kappa shape index (κ3) is 1.35. The van der Waals surface area contributed by atoms with Gasteiger partial charge in [-0.2, -0.15) is 0 Å². The Hall–Kier alpha value is -1.95. The van der Waals surface area contributed by atoms with Gasteiger partial charge in [0.1, 0.15) is 5.54 Å². The van der Waals surface area contributed by atoms with Gasteiger partial charge < -0.3 is 4.74 Å².